The Hall–Kier alpha value is -2.59. The number of hydrogen-bond acceptors (Lipinski definition) is 4. The molecule has 0 aromatic heterocycles. The molecule has 2 fully saturated rings. The van der Waals surface area contributed by atoms with Gasteiger partial charge in [0.2, 0.25) is 0 Å². The molecule has 0 spiro atoms. The van der Waals surface area contributed by atoms with Gasteiger partial charge in [0.1, 0.15) is 0 Å². The molecule has 0 bridgehead atoms. The Morgan fingerprint density at radius 1 is 0.970 bits per heavy atom. The molecule has 174 valence electrons. The minimum absolute atomic E-state index is 0.166. The van der Waals surface area contributed by atoms with Gasteiger partial charge < -0.3 is 9.47 Å². The van der Waals surface area contributed by atoms with Crippen molar-refractivity contribution in [2.24, 2.45) is 5.92 Å². The molecule has 1 saturated carbocycles. The van der Waals surface area contributed by atoms with Crippen LogP contribution in [0, 0.1) is 5.92 Å². The van der Waals surface area contributed by atoms with Crippen molar-refractivity contribution in [2.75, 3.05) is 20.2 Å². The number of carbonyl (C=O) groups is 1. The van der Waals surface area contributed by atoms with Gasteiger partial charge in [0.25, 0.3) is 0 Å². The van der Waals surface area contributed by atoms with Gasteiger partial charge >= 0.3 is 0 Å². The maximum Gasteiger partial charge on any atom is 0.189 e. The van der Waals surface area contributed by atoms with Gasteiger partial charge in [-0.1, -0.05) is 42.8 Å². The van der Waals surface area contributed by atoms with Crippen LogP contribution in [-0.4, -0.2) is 37.0 Å². The largest absolute Gasteiger partial charge is 0.493 e. The van der Waals surface area contributed by atoms with Gasteiger partial charge in [0, 0.05) is 24.1 Å². The van der Waals surface area contributed by atoms with Crippen LogP contribution in [0.15, 0.2) is 54.1 Å². The van der Waals surface area contributed by atoms with Crippen LogP contribution in [0.25, 0.3) is 0 Å². The fourth-order valence-corrected chi connectivity index (χ4v) is 5.57. The predicted molar refractivity (Wildman–Crippen MR) is 131 cm³/mol. The van der Waals surface area contributed by atoms with Crippen molar-refractivity contribution in [2.45, 2.75) is 64.0 Å². The molecule has 5 rings (SSSR count). The molecule has 0 atom stereocenters. The highest BCUT2D eigenvalue weighted by Gasteiger charge is 2.29. The number of Topliss-reactive ketones (excluding diaryl/α,β-unsaturated/α-hetero) is 1. The summed E-state index contributed by atoms with van der Waals surface area (Å²) in [5, 5.41) is 0. The standard InChI is InChI=1S/C29H35NO3/c1-32-27-19-26-23(18-28(27)33-25-10-6-3-7-11-25)17-24(29(26)31)16-21-12-14-30(15-13-21)20-22-8-4-2-5-9-22/h2,4-5,8-9,16,18-19,21,25H,3,6-7,10-15,17,20H2,1H3/b24-16-. The van der Waals surface area contributed by atoms with Crippen LogP contribution in [-0.2, 0) is 13.0 Å². The molecular weight excluding hydrogens is 410 g/mol. The molecule has 0 amide bonds. The molecule has 0 radical (unpaired) electrons. The number of methoxy groups -OCH3 is 1. The third-order valence-corrected chi connectivity index (χ3v) is 7.47. The lowest BCUT2D eigenvalue weighted by molar-refractivity contribution is 0.103. The zero-order valence-corrected chi connectivity index (χ0v) is 19.7. The molecular formula is C29H35NO3. The van der Waals surface area contributed by atoms with Crippen molar-refractivity contribution in [3.05, 3.63) is 70.8 Å². The number of fused-ring (bicyclic) bond motifs is 1. The molecule has 33 heavy (non-hydrogen) atoms. The van der Waals surface area contributed by atoms with Crippen molar-refractivity contribution < 1.29 is 14.3 Å². The number of likely N-dealkylation sites (tertiary alicyclic amines) is 1. The highest BCUT2D eigenvalue weighted by molar-refractivity contribution is 6.13. The minimum atomic E-state index is 0.166. The Kier molecular flexibility index (Phi) is 6.82. The first-order chi connectivity index (χ1) is 16.2. The molecule has 2 aromatic carbocycles. The number of rotatable bonds is 6. The molecule has 4 heteroatoms. The third-order valence-electron chi connectivity index (χ3n) is 7.47. The van der Waals surface area contributed by atoms with E-state index in [-0.39, 0.29) is 11.9 Å². The highest BCUT2D eigenvalue weighted by Crippen LogP contribution is 2.39. The third kappa shape index (κ3) is 5.16. The van der Waals surface area contributed by atoms with Crippen molar-refractivity contribution in [3.63, 3.8) is 0 Å². The second-order valence-corrected chi connectivity index (χ2v) is 9.84. The van der Waals surface area contributed by atoms with Crippen LogP contribution in [0.5, 0.6) is 11.5 Å². The molecule has 1 saturated heterocycles. The molecule has 2 aliphatic carbocycles. The first-order valence-electron chi connectivity index (χ1n) is 12.6. The number of hydrogen-bond donors (Lipinski definition) is 0. The molecule has 4 nitrogen and oxygen atoms in total. The number of ether oxygens (including phenoxy) is 2. The number of ketones is 1. The summed E-state index contributed by atoms with van der Waals surface area (Å²) in [5.74, 6) is 2.12. The van der Waals surface area contributed by atoms with Crippen molar-refractivity contribution in [1.82, 2.24) is 4.90 Å². The van der Waals surface area contributed by atoms with Crippen LogP contribution >= 0.6 is 0 Å². The van der Waals surface area contributed by atoms with Gasteiger partial charge in [0.05, 0.1) is 13.2 Å². The monoisotopic (exact) mass is 445 g/mol. The second kappa shape index (κ2) is 10.1. The molecule has 0 N–H and O–H groups in total. The van der Waals surface area contributed by atoms with E-state index in [1.165, 1.54) is 24.8 Å². The van der Waals surface area contributed by atoms with Crippen molar-refractivity contribution >= 4 is 5.78 Å². The second-order valence-electron chi connectivity index (χ2n) is 9.84. The Bertz CT molecular complexity index is 999. The summed E-state index contributed by atoms with van der Waals surface area (Å²) in [6.07, 6.45) is 11.4. The fraction of sp³-hybridized carbons (Fsp3) is 0.483. The van der Waals surface area contributed by atoms with E-state index < -0.39 is 0 Å². The van der Waals surface area contributed by atoms with E-state index in [9.17, 15) is 4.79 Å². The van der Waals surface area contributed by atoms with Crippen molar-refractivity contribution in [3.8, 4) is 11.5 Å². The van der Waals surface area contributed by atoms with Crippen LogP contribution < -0.4 is 9.47 Å². The number of piperidine rings is 1. The van der Waals surface area contributed by atoms with E-state index in [1.54, 1.807) is 7.11 Å². The molecule has 1 heterocycles. The summed E-state index contributed by atoms with van der Waals surface area (Å²) in [7, 11) is 1.66. The van der Waals surface area contributed by atoms with E-state index in [0.29, 0.717) is 18.1 Å². The summed E-state index contributed by atoms with van der Waals surface area (Å²) in [6, 6.07) is 14.6. The van der Waals surface area contributed by atoms with Gasteiger partial charge in [-0.25, -0.2) is 0 Å². The zero-order valence-electron chi connectivity index (χ0n) is 19.7. The summed E-state index contributed by atoms with van der Waals surface area (Å²) in [5.41, 5.74) is 4.19. The molecule has 0 unspecified atom stereocenters. The van der Waals surface area contributed by atoms with Crippen LogP contribution in [0.1, 0.15) is 66.4 Å². The topological polar surface area (TPSA) is 38.8 Å². The number of carbonyl (C=O) groups excluding carboxylic acids is 1. The van der Waals surface area contributed by atoms with Crippen LogP contribution in [0.4, 0.5) is 0 Å². The Balaban J connectivity index is 1.24. The maximum absolute atomic E-state index is 13.2. The molecule has 1 aliphatic heterocycles. The van der Waals surface area contributed by atoms with Gasteiger partial charge in [-0.3, -0.25) is 9.69 Å². The summed E-state index contributed by atoms with van der Waals surface area (Å²) < 4.78 is 11.9. The quantitative estimate of drug-likeness (QED) is 0.513. The van der Waals surface area contributed by atoms with E-state index >= 15 is 0 Å². The highest BCUT2D eigenvalue weighted by atomic mass is 16.5. The average molecular weight is 446 g/mol. The lowest BCUT2D eigenvalue weighted by Crippen LogP contribution is -2.32. The molecule has 3 aliphatic rings. The number of benzene rings is 2. The van der Waals surface area contributed by atoms with Crippen molar-refractivity contribution in [1.29, 1.82) is 0 Å². The summed E-state index contributed by atoms with van der Waals surface area (Å²) in [4.78, 5) is 15.7. The summed E-state index contributed by atoms with van der Waals surface area (Å²) >= 11 is 0. The smallest absolute Gasteiger partial charge is 0.189 e. The van der Waals surface area contributed by atoms with E-state index in [1.807, 2.05) is 6.07 Å². The van der Waals surface area contributed by atoms with Gasteiger partial charge in [-0.15, -0.1) is 0 Å². The number of allylic oxidation sites excluding steroid dienone is 2. The first-order valence-corrected chi connectivity index (χ1v) is 12.6. The number of nitrogens with zero attached hydrogens (tertiary/aromatic N) is 1. The Morgan fingerprint density at radius 2 is 1.73 bits per heavy atom. The lowest BCUT2D eigenvalue weighted by Gasteiger charge is -2.30. The molecule has 2 aromatic rings. The van der Waals surface area contributed by atoms with Crippen LogP contribution in [0.2, 0.25) is 0 Å². The average Bonchev–Trinajstić information content (AvgIpc) is 3.15. The Labute approximate surface area is 197 Å². The van der Waals surface area contributed by atoms with Crippen LogP contribution in [0.3, 0.4) is 0 Å². The first kappa shape index (κ1) is 22.2. The van der Waals surface area contributed by atoms with E-state index in [0.717, 1.165) is 67.8 Å². The predicted octanol–water partition coefficient (Wildman–Crippen LogP) is 5.98. The van der Waals surface area contributed by atoms with E-state index in [4.69, 9.17) is 9.47 Å². The zero-order chi connectivity index (χ0) is 22.6. The lowest BCUT2D eigenvalue weighted by atomic mass is 9.93. The fourth-order valence-electron chi connectivity index (χ4n) is 5.57. The SMILES string of the molecule is COc1cc2c(cc1OC1CCCCC1)C/C(=C/C1CCN(Cc3ccccc3)CC1)C2=O. The Morgan fingerprint density at radius 3 is 2.45 bits per heavy atom. The van der Waals surface area contributed by atoms with Gasteiger partial charge in [0.15, 0.2) is 17.3 Å². The summed E-state index contributed by atoms with van der Waals surface area (Å²) in [6.45, 7) is 3.17. The normalized spacial score (nSPS) is 21.4. The maximum atomic E-state index is 13.2. The van der Waals surface area contributed by atoms with Gasteiger partial charge in [-0.05, 0) is 80.8 Å². The van der Waals surface area contributed by atoms with E-state index in [2.05, 4.69) is 47.4 Å². The minimum Gasteiger partial charge on any atom is -0.493 e. The van der Waals surface area contributed by atoms with Gasteiger partial charge in [-0.2, -0.15) is 0 Å².